The summed E-state index contributed by atoms with van der Waals surface area (Å²) < 4.78 is 6.42. The Kier molecular flexibility index (Phi) is 4.18. The molecule has 1 atom stereocenters. The van der Waals surface area contributed by atoms with Crippen molar-refractivity contribution in [1.82, 2.24) is 0 Å². The van der Waals surface area contributed by atoms with E-state index in [-0.39, 0.29) is 0 Å². The van der Waals surface area contributed by atoms with E-state index in [1.54, 1.807) is 0 Å². The molecule has 3 nitrogen and oxygen atoms in total. The minimum absolute atomic E-state index is 0.364. The summed E-state index contributed by atoms with van der Waals surface area (Å²) in [5.74, 6) is 0. The molecule has 0 aliphatic carbocycles. The Morgan fingerprint density at radius 1 is 1.59 bits per heavy atom. The molecule has 1 unspecified atom stereocenters. The van der Waals surface area contributed by atoms with Crippen molar-refractivity contribution in [2.24, 2.45) is 0 Å². The smallest absolute Gasteiger partial charge is 0.152 e. The standard InChI is InChI=1S/C13H16BrNO2/c1-2-12-9-17-6-5-15(12)13-4-3-11(14)7-10(13)8-16/h3-4,7-8,12H,2,5-6,9H2,1H3. The minimum atomic E-state index is 0.364. The quantitative estimate of drug-likeness (QED) is 0.804. The molecule has 17 heavy (non-hydrogen) atoms. The van der Waals surface area contributed by atoms with Gasteiger partial charge in [-0.15, -0.1) is 0 Å². The molecular weight excluding hydrogens is 282 g/mol. The number of nitrogens with zero attached hydrogens (tertiary/aromatic N) is 1. The topological polar surface area (TPSA) is 29.5 Å². The van der Waals surface area contributed by atoms with Gasteiger partial charge in [-0.25, -0.2) is 0 Å². The lowest BCUT2D eigenvalue weighted by Gasteiger charge is -2.37. The van der Waals surface area contributed by atoms with Crippen molar-refractivity contribution in [1.29, 1.82) is 0 Å². The normalized spacial score (nSPS) is 20.4. The Labute approximate surface area is 110 Å². The number of hydrogen-bond donors (Lipinski definition) is 0. The van der Waals surface area contributed by atoms with E-state index in [9.17, 15) is 4.79 Å². The molecule has 0 bridgehead atoms. The number of aldehydes is 1. The molecule has 1 heterocycles. The Morgan fingerprint density at radius 2 is 2.41 bits per heavy atom. The number of rotatable bonds is 3. The summed E-state index contributed by atoms with van der Waals surface area (Å²) >= 11 is 3.39. The van der Waals surface area contributed by atoms with E-state index in [4.69, 9.17) is 4.74 Å². The van der Waals surface area contributed by atoms with E-state index in [1.165, 1.54) is 0 Å². The number of carbonyl (C=O) groups excluding carboxylic acids is 1. The second kappa shape index (κ2) is 5.65. The largest absolute Gasteiger partial charge is 0.377 e. The van der Waals surface area contributed by atoms with Crippen LogP contribution in [0.1, 0.15) is 23.7 Å². The molecule has 1 aromatic carbocycles. The van der Waals surface area contributed by atoms with Crippen molar-refractivity contribution in [2.75, 3.05) is 24.7 Å². The second-order valence-electron chi connectivity index (χ2n) is 4.15. The average Bonchev–Trinajstić information content (AvgIpc) is 2.38. The maximum absolute atomic E-state index is 11.1. The van der Waals surface area contributed by atoms with Gasteiger partial charge in [-0.1, -0.05) is 22.9 Å². The predicted molar refractivity (Wildman–Crippen MR) is 71.8 cm³/mol. The fraction of sp³-hybridized carbons (Fsp3) is 0.462. The van der Waals surface area contributed by atoms with Gasteiger partial charge in [0.1, 0.15) is 0 Å². The van der Waals surface area contributed by atoms with E-state index >= 15 is 0 Å². The third-order valence-corrected chi connectivity index (χ3v) is 3.62. The number of ether oxygens (including phenoxy) is 1. The maximum atomic E-state index is 11.1. The zero-order valence-corrected chi connectivity index (χ0v) is 11.4. The number of anilines is 1. The molecule has 0 spiro atoms. The van der Waals surface area contributed by atoms with Crippen molar-refractivity contribution in [3.8, 4) is 0 Å². The van der Waals surface area contributed by atoms with Crippen LogP contribution in [0.25, 0.3) is 0 Å². The summed E-state index contributed by atoms with van der Waals surface area (Å²) in [7, 11) is 0. The first kappa shape index (κ1) is 12.6. The van der Waals surface area contributed by atoms with Gasteiger partial charge in [0, 0.05) is 22.3 Å². The average molecular weight is 298 g/mol. The Morgan fingerprint density at radius 3 is 3.12 bits per heavy atom. The molecule has 2 rings (SSSR count). The van der Waals surface area contributed by atoms with E-state index in [0.29, 0.717) is 6.04 Å². The summed E-state index contributed by atoms with van der Waals surface area (Å²) in [6.07, 6.45) is 1.94. The fourth-order valence-corrected chi connectivity index (χ4v) is 2.57. The van der Waals surface area contributed by atoms with Crippen LogP contribution >= 0.6 is 15.9 Å². The molecule has 92 valence electrons. The fourth-order valence-electron chi connectivity index (χ4n) is 2.19. The highest BCUT2D eigenvalue weighted by atomic mass is 79.9. The molecule has 1 aliphatic rings. The van der Waals surface area contributed by atoms with Crippen LogP contribution in [-0.2, 0) is 4.74 Å². The third kappa shape index (κ3) is 2.69. The first-order chi connectivity index (χ1) is 8.26. The molecule has 0 saturated carbocycles. The molecule has 1 aromatic rings. The Hall–Kier alpha value is -0.870. The van der Waals surface area contributed by atoms with Crippen LogP contribution in [0.15, 0.2) is 22.7 Å². The van der Waals surface area contributed by atoms with Crippen LogP contribution in [0.3, 0.4) is 0 Å². The monoisotopic (exact) mass is 297 g/mol. The number of benzene rings is 1. The highest BCUT2D eigenvalue weighted by Gasteiger charge is 2.23. The van der Waals surface area contributed by atoms with E-state index in [2.05, 4.69) is 27.8 Å². The van der Waals surface area contributed by atoms with Crippen LogP contribution in [-0.4, -0.2) is 32.1 Å². The molecule has 0 radical (unpaired) electrons. The number of carbonyl (C=O) groups is 1. The first-order valence-corrected chi connectivity index (χ1v) is 6.64. The van der Waals surface area contributed by atoms with E-state index < -0.39 is 0 Å². The predicted octanol–water partition coefficient (Wildman–Crippen LogP) is 2.88. The zero-order chi connectivity index (χ0) is 12.3. The Balaban J connectivity index is 2.34. The molecule has 1 fully saturated rings. The summed E-state index contributed by atoms with van der Waals surface area (Å²) in [6.45, 7) is 4.46. The first-order valence-electron chi connectivity index (χ1n) is 5.85. The van der Waals surface area contributed by atoms with Gasteiger partial charge in [-0.2, -0.15) is 0 Å². The van der Waals surface area contributed by atoms with Gasteiger partial charge < -0.3 is 9.64 Å². The summed E-state index contributed by atoms with van der Waals surface area (Å²) in [5.41, 5.74) is 1.75. The third-order valence-electron chi connectivity index (χ3n) is 3.12. The number of halogens is 1. The number of hydrogen-bond acceptors (Lipinski definition) is 3. The second-order valence-corrected chi connectivity index (χ2v) is 5.07. The molecule has 0 aromatic heterocycles. The van der Waals surface area contributed by atoms with Crippen molar-refractivity contribution in [3.05, 3.63) is 28.2 Å². The van der Waals surface area contributed by atoms with Crippen molar-refractivity contribution in [2.45, 2.75) is 19.4 Å². The van der Waals surface area contributed by atoms with Gasteiger partial charge in [-0.05, 0) is 24.6 Å². The van der Waals surface area contributed by atoms with Gasteiger partial charge in [0.05, 0.1) is 19.3 Å². The summed E-state index contributed by atoms with van der Waals surface area (Å²) in [6, 6.07) is 6.21. The van der Waals surface area contributed by atoms with Crippen molar-refractivity contribution in [3.63, 3.8) is 0 Å². The molecule has 1 saturated heterocycles. The van der Waals surface area contributed by atoms with Crippen molar-refractivity contribution < 1.29 is 9.53 Å². The van der Waals surface area contributed by atoms with Crippen LogP contribution in [0, 0.1) is 0 Å². The summed E-state index contributed by atoms with van der Waals surface area (Å²) in [4.78, 5) is 13.4. The van der Waals surface area contributed by atoms with Crippen LogP contribution < -0.4 is 4.90 Å². The molecular formula is C13H16BrNO2. The lowest BCUT2D eigenvalue weighted by molar-refractivity contribution is 0.0927. The lowest BCUT2D eigenvalue weighted by atomic mass is 10.1. The van der Waals surface area contributed by atoms with Gasteiger partial charge in [-0.3, -0.25) is 4.79 Å². The lowest BCUT2D eigenvalue weighted by Crippen LogP contribution is -2.45. The molecule has 0 N–H and O–H groups in total. The minimum Gasteiger partial charge on any atom is -0.377 e. The van der Waals surface area contributed by atoms with Gasteiger partial charge in [0.25, 0.3) is 0 Å². The van der Waals surface area contributed by atoms with Crippen LogP contribution in [0.4, 0.5) is 5.69 Å². The zero-order valence-electron chi connectivity index (χ0n) is 9.86. The number of morpholine rings is 1. The highest BCUT2D eigenvalue weighted by Crippen LogP contribution is 2.27. The highest BCUT2D eigenvalue weighted by molar-refractivity contribution is 9.10. The molecule has 1 aliphatic heterocycles. The van der Waals surface area contributed by atoms with Crippen LogP contribution in [0.2, 0.25) is 0 Å². The Bertz CT molecular complexity index is 408. The van der Waals surface area contributed by atoms with E-state index in [1.807, 2.05) is 18.2 Å². The van der Waals surface area contributed by atoms with E-state index in [0.717, 1.165) is 48.2 Å². The van der Waals surface area contributed by atoms with Gasteiger partial charge in [0.2, 0.25) is 0 Å². The van der Waals surface area contributed by atoms with Crippen LogP contribution in [0.5, 0.6) is 0 Å². The SMILES string of the molecule is CCC1COCCN1c1ccc(Br)cc1C=O. The van der Waals surface area contributed by atoms with Crippen molar-refractivity contribution >= 4 is 27.9 Å². The molecule has 0 amide bonds. The van der Waals surface area contributed by atoms with Gasteiger partial charge in [0.15, 0.2) is 6.29 Å². The summed E-state index contributed by atoms with van der Waals surface area (Å²) in [5, 5.41) is 0. The molecule has 4 heteroatoms. The van der Waals surface area contributed by atoms with Gasteiger partial charge >= 0.3 is 0 Å². The maximum Gasteiger partial charge on any atom is 0.152 e.